The van der Waals surface area contributed by atoms with Crippen molar-refractivity contribution in [3.63, 3.8) is 0 Å². The summed E-state index contributed by atoms with van der Waals surface area (Å²) in [6.45, 7) is 0. The number of para-hydroxylation sites is 1. The van der Waals surface area contributed by atoms with Crippen molar-refractivity contribution in [2.24, 2.45) is 4.99 Å². The maximum atomic E-state index is 4.52. The van der Waals surface area contributed by atoms with Crippen LogP contribution in [0.3, 0.4) is 0 Å². The number of rotatable bonds is 3. The first kappa shape index (κ1) is 12.9. The molecular weight excluding hydrogens is 312 g/mol. The molecule has 3 heteroatoms. The van der Waals surface area contributed by atoms with Crippen molar-refractivity contribution in [1.29, 1.82) is 0 Å². The van der Waals surface area contributed by atoms with E-state index >= 15 is 0 Å². The fourth-order valence-electron chi connectivity index (χ4n) is 2.02. The van der Waals surface area contributed by atoms with E-state index < -0.39 is 0 Å². The van der Waals surface area contributed by atoms with Crippen LogP contribution >= 0.6 is 15.9 Å². The Hall–Kier alpha value is -2.13. The van der Waals surface area contributed by atoms with Crippen molar-refractivity contribution in [3.05, 3.63) is 83.1 Å². The minimum atomic E-state index is 0.931. The summed E-state index contributed by atoms with van der Waals surface area (Å²) in [4.78, 5) is 4.52. The van der Waals surface area contributed by atoms with Gasteiger partial charge in [-0.3, -0.25) is 4.99 Å². The molecule has 0 fully saturated rings. The maximum absolute atomic E-state index is 4.52. The fourth-order valence-corrected chi connectivity index (χ4v) is 2.41. The number of hydrogen-bond donors (Lipinski definition) is 0. The van der Waals surface area contributed by atoms with Crippen LogP contribution in [0.15, 0.2) is 82.4 Å². The Morgan fingerprint density at radius 3 is 2.55 bits per heavy atom. The summed E-state index contributed by atoms with van der Waals surface area (Å²) in [5.74, 6) is 0. The molecule has 3 rings (SSSR count). The van der Waals surface area contributed by atoms with Crippen LogP contribution in [0, 0.1) is 0 Å². The lowest BCUT2D eigenvalue weighted by atomic mass is 10.3. The molecule has 1 aromatic heterocycles. The van der Waals surface area contributed by atoms with Gasteiger partial charge >= 0.3 is 0 Å². The largest absolute Gasteiger partial charge is 0.316 e. The van der Waals surface area contributed by atoms with Crippen LogP contribution in [0.1, 0.15) is 5.69 Å². The van der Waals surface area contributed by atoms with Gasteiger partial charge in [0.1, 0.15) is 0 Å². The van der Waals surface area contributed by atoms with Crippen LogP contribution in [-0.2, 0) is 0 Å². The predicted molar refractivity (Wildman–Crippen MR) is 87.2 cm³/mol. The second-order valence-corrected chi connectivity index (χ2v) is 5.29. The maximum Gasteiger partial charge on any atom is 0.0641 e. The highest BCUT2D eigenvalue weighted by Gasteiger charge is 2.00. The van der Waals surface area contributed by atoms with E-state index in [1.807, 2.05) is 60.9 Å². The molecule has 0 spiro atoms. The van der Waals surface area contributed by atoms with Gasteiger partial charge < -0.3 is 4.57 Å². The molecule has 0 unspecified atom stereocenters. The lowest BCUT2D eigenvalue weighted by Crippen LogP contribution is -1.97. The van der Waals surface area contributed by atoms with Crippen molar-refractivity contribution in [2.75, 3.05) is 0 Å². The van der Waals surface area contributed by atoms with Gasteiger partial charge in [-0.25, -0.2) is 0 Å². The summed E-state index contributed by atoms with van der Waals surface area (Å²) in [5, 5.41) is 0. The molecular formula is C17H13BrN2. The van der Waals surface area contributed by atoms with Gasteiger partial charge in [0.15, 0.2) is 0 Å². The number of halogens is 1. The third kappa shape index (κ3) is 2.89. The Kier molecular flexibility index (Phi) is 3.79. The zero-order chi connectivity index (χ0) is 13.8. The van der Waals surface area contributed by atoms with E-state index in [1.54, 1.807) is 0 Å². The fraction of sp³-hybridized carbons (Fsp3) is 0. The average Bonchev–Trinajstić information content (AvgIpc) is 2.95. The highest BCUT2D eigenvalue weighted by molar-refractivity contribution is 9.10. The van der Waals surface area contributed by atoms with Crippen molar-refractivity contribution >= 4 is 27.8 Å². The quantitative estimate of drug-likeness (QED) is 0.604. The van der Waals surface area contributed by atoms with Gasteiger partial charge in [-0.2, -0.15) is 0 Å². The lowest BCUT2D eigenvalue weighted by molar-refractivity contribution is 1.07. The molecule has 0 atom stereocenters. The van der Waals surface area contributed by atoms with Gasteiger partial charge in [0.05, 0.1) is 17.6 Å². The molecule has 0 amide bonds. The molecule has 2 nitrogen and oxygen atoms in total. The summed E-state index contributed by atoms with van der Waals surface area (Å²) in [6, 6.07) is 22.3. The highest BCUT2D eigenvalue weighted by atomic mass is 79.9. The highest BCUT2D eigenvalue weighted by Crippen LogP contribution is 2.18. The van der Waals surface area contributed by atoms with Crippen molar-refractivity contribution in [1.82, 2.24) is 4.57 Å². The number of nitrogens with zero attached hydrogens (tertiary/aromatic N) is 2. The number of benzene rings is 2. The van der Waals surface area contributed by atoms with E-state index in [4.69, 9.17) is 0 Å². The third-order valence-corrected chi connectivity index (χ3v) is 3.46. The molecule has 0 aliphatic heterocycles. The molecule has 0 aliphatic rings. The van der Waals surface area contributed by atoms with Gasteiger partial charge in [-0.15, -0.1) is 0 Å². The van der Waals surface area contributed by atoms with E-state index in [9.17, 15) is 0 Å². The zero-order valence-corrected chi connectivity index (χ0v) is 12.4. The number of aromatic nitrogens is 1. The SMILES string of the molecule is Brc1cccc(N=Cc2cccn2-c2ccccc2)c1. The van der Waals surface area contributed by atoms with Crippen LogP contribution in [-0.4, -0.2) is 10.8 Å². The van der Waals surface area contributed by atoms with Crippen LogP contribution < -0.4 is 0 Å². The van der Waals surface area contributed by atoms with Gasteiger partial charge in [0, 0.05) is 16.4 Å². The van der Waals surface area contributed by atoms with Gasteiger partial charge in [-0.05, 0) is 42.5 Å². The van der Waals surface area contributed by atoms with Crippen molar-refractivity contribution in [3.8, 4) is 5.69 Å². The summed E-state index contributed by atoms with van der Waals surface area (Å²) < 4.78 is 3.15. The molecule has 0 saturated heterocycles. The van der Waals surface area contributed by atoms with Crippen molar-refractivity contribution < 1.29 is 0 Å². The Morgan fingerprint density at radius 1 is 0.900 bits per heavy atom. The molecule has 0 bridgehead atoms. The van der Waals surface area contributed by atoms with E-state index in [1.165, 1.54) is 0 Å². The molecule has 0 aliphatic carbocycles. The Balaban J connectivity index is 1.91. The first-order chi connectivity index (χ1) is 9.83. The summed E-state index contributed by atoms with van der Waals surface area (Å²) in [7, 11) is 0. The second kappa shape index (κ2) is 5.88. The smallest absolute Gasteiger partial charge is 0.0641 e. The van der Waals surface area contributed by atoms with Gasteiger partial charge in [-0.1, -0.05) is 40.2 Å². The second-order valence-electron chi connectivity index (χ2n) is 4.38. The molecule has 2 aromatic carbocycles. The average molecular weight is 325 g/mol. The first-order valence-corrected chi connectivity index (χ1v) is 7.15. The number of aliphatic imine (C=N–C) groups is 1. The minimum Gasteiger partial charge on any atom is -0.316 e. The Bertz CT molecular complexity index is 730. The summed E-state index contributed by atoms with van der Waals surface area (Å²) >= 11 is 3.45. The van der Waals surface area contributed by atoms with Crippen LogP contribution in [0.4, 0.5) is 5.69 Å². The molecule has 0 radical (unpaired) electrons. The van der Waals surface area contributed by atoms with E-state index in [0.717, 1.165) is 21.5 Å². The monoisotopic (exact) mass is 324 g/mol. The normalized spacial score (nSPS) is 11.1. The predicted octanol–water partition coefficient (Wildman–Crippen LogP) is 4.99. The van der Waals surface area contributed by atoms with Crippen LogP contribution in [0.25, 0.3) is 5.69 Å². The van der Waals surface area contributed by atoms with Crippen LogP contribution in [0.5, 0.6) is 0 Å². The van der Waals surface area contributed by atoms with Gasteiger partial charge in [0.25, 0.3) is 0 Å². The summed E-state index contributed by atoms with van der Waals surface area (Å²) in [5.41, 5.74) is 3.12. The van der Waals surface area contributed by atoms with Crippen molar-refractivity contribution in [2.45, 2.75) is 0 Å². The number of hydrogen-bond acceptors (Lipinski definition) is 1. The molecule has 1 heterocycles. The van der Waals surface area contributed by atoms with E-state index in [-0.39, 0.29) is 0 Å². The third-order valence-electron chi connectivity index (χ3n) is 2.97. The Morgan fingerprint density at radius 2 is 1.75 bits per heavy atom. The molecule has 98 valence electrons. The van der Waals surface area contributed by atoms with Gasteiger partial charge in [0.2, 0.25) is 0 Å². The minimum absolute atomic E-state index is 0.931. The molecule has 20 heavy (non-hydrogen) atoms. The van der Waals surface area contributed by atoms with E-state index in [2.05, 4.69) is 43.7 Å². The topological polar surface area (TPSA) is 17.3 Å². The lowest BCUT2D eigenvalue weighted by Gasteiger charge is -2.05. The molecule has 0 N–H and O–H groups in total. The van der Waals surface area contributed by atoms with Crippen LogP contribution in [0.2, 0.25) is 0 Å². The standard InChI is InChI=1S/C17H13BrN2/c18-14-6-4-7-15(12-14)19-13-17-10-5-11-20(17)16-8-2-1-3-9-16/h1-13H. The molecule has 0 saturated carbocycles. The summed E-state index contributed by atoms with van der Waals surface area (Å²) in [6.07, 6.45) is 3.92. The first-order valence-electron chi connectivity index (χ1n) is 6.35. The Labute approximate surface area is 126 Å². The zero-order valence-electron chi connectivity index (χ0n) is 10.8. The van der Waals surface area contributed by atoms with E-state index in [0.29, 0.717) is 0 Å². The molecule has 3 aromatic rings.